The maximum Gasteiger partial charge on any atom is 0.180 e. The van der Waals surface area contributed by atoms with Crippen molar-refractivity contribution in [2.24, 2.45) is 15.9 Å². The second-order valence-electron chi connectivity index (χ2n) is 4.43. The molecule has 0 saturated heterocycles. The largest absolute Gasteiger partial charge is 0.493 e. The van der Waals surface area contributed by atoms with Crippen LogP contribution in [0, 0.1) is 0 Å². The first-order valence-corrected chi connectivity index (χ1v) is 8.03. The molecule has 0 aromatic heterocycles. The smallest absolute Gasteiger partial charge is 0.180 e. The Labute approximate surface area is 135 Å². The number of amidine groups is 1. The van der Waals surface area contributed by atoms with Gasteiger partial charge in [-0.3, -0.25) is 0 Å². The summed E-state index contributed by atoms with van der Waals surface area (Å²) in [6.45, 7) is 2.56. The molecule has 0 aliphatic rings. The van der Waals surface area contributed by atoms with E-state index in [1.165, 1.54) is 17.3 Å². The summed E-state index contributed by atoms with van der Waals surface area (Å²) in [4.78, 5) is 0. The Balaban J connectivity index is 1.93. The molecule has 0 saturated carbocycles. The molecule has 0 radical (unpaired) electrons. The van der Waals surface area contributed by atoms with Crippen LogP contribution in [0.25, 0.3) is 0 Å². The molecule has 0 amide bonds. The van der Waals surface area contributed by atoms with Gasteiger partial charge in [-0.25, -0.2) is 0 Å². The molecular weight excluding hydrogens is 294 g/mol. The number of thioether (sulfide) groups is 1. The van der Waals surface area contributed by atoms with E-state index in [0.29, 0.717) is 11.8 Å². The van der Waals surface area contributed by atoms with Crippen molar-refractivity contribution in [3.8, 4) is 5.75 Å². The van der Waals surface area contributed by atoms with Crippen molar-refractivity contribution in [2.75, 3.05) is 6.61 Å². The van der Waals surface area contributed by atoms with E-state index < -0.39 is 0 Å². The van der Waals surface area contributed by atoms with Gasteiger partial charge in [0.05, 0.1) is 12.8 Å². The van der Waals surface area contributed by atoms with E-state index in [4.69, 9.17) is 10.5 Å². The molecule has 114 valence electrons. The second kappa shape index (κ2) is 8.89. The van der Waals surface area contributed by atoms with Gasteiger partial charge in [0, 0.05) is 11.3 Å². The van der Waals surface area contributed by atoms with Gasteiger partial charge in [-0.1, -0.05) is 54.2 Å². The van der Waals surface area contributed by atoms with Crippen LogP contribution < -0.4 is 10.5 Å². The molecule has 5 heteroatoms. The molecule has 0 fully saturated rings. The zero-order chi connectivity index (χ0) is 15.6. The summed E-state index contributed by atoms with van der Waals surface area (Å²) in [6, 6.07) is 17.8. The molecule has 0 spiro atoms. The average molecular weight is 313 g/mol. The van der Waals surface area contributed by atoms with Crippen LogP contribution in [-0.4, -0.2) is 18.0 Å². The lowest BCUT2D eigenvalue weighted by Gasteiger charge is -2.05. The van der Waals surface area contributed by atoms with Crippen LogP contribution in [0.15, 0.2) is 64.8 Å². The number of hydrogen-bond acceptors (Lipinski definition) is 4. The van der Waals surface area contributed by atoms with E-state index in [2.05, 4.69) is 22.3 Å². The Kier molecular flexibility index (Phi) is 6.51. The third-order valence-corrected chi connectivity index (χ3v) is 3.66. The highest BCUT2D eigenvalue weighted by molar-refractivity contribution is 8.13. The van der Waals surface area contributed by atoms with E-state index in [0.717, 1.165) is 17.1 Å². The van der Waals surface area contributed by atoms with Crippen molar-refractivity contribution >= 4 is 23.1 Å². The molecule has 0 bridgehead atoms. The minimum atomic E-state index is 0.439. The number of hydrogen-bond donors (Lipinski definition) is 1. The van der Waals surface area contributed by atoms with Crippen LogP contribution in [0.4, 0.5) is 0 Å². The highest BCUT2D eigenvalue weighted by atomic mass is 32.2. The molecule has 0 unspecified atom stereocenters. The summed E-state index contributed by atoms with van der Waals surface area (Å²) >= 11 is 1.46. The summed E-state index contributed by atoms with van der Waals surface area (Å²) in [7, 11) is 0. The van der Waals surface area contributed by atoms with Gasteiger partial charge in [0.1, 0.15) is 5.75 Å². The van der Waals surface area contributed by atoms with Gasteiger partial charge in [0.25, 0.3) is 0 Å². The molecular formula is C17H19N3OS. The molecule has 0 atom stereocenters. The standard InChI is InChI=1S/C17H19N3OS/c1-2-21-16-11-7-6-10-15(16)12-19-20-17(18)22-13-14-8-4-3-5-9-14/h3-12H,2,13H2,1H3,(H2,18,20). The third-order valence-electron chi connectivity index (χ3n) is 2.80. The van der Waals surface area contributed by atoms with E-state index in [9.17, 15) is 0 Å². The van der Waals surface area contributed by atoms with E-state index in [1.807, 2.05) is 49.4 Å². The molecule has 0 aliphatic heterocycles. The summed E-state index contributed by atoms with van der Waals surface area (Å²) in [5.41, 5.74) is 7.94. The van der Waals surface area contributed by atoms with Crippen molar-refractivity contribution in [1.82, 2.24) is 0 Å². The molecule has 2 aromatic carbocycles. The molecule has 4 nitrogen and oxygen atoms in total. The van der Waals surface area contributed by atoms with Crippen LogP contribution in [-0.2, 0) is 5.75 Å². The first kappa shape index (κ1) is 16.1. The Hall–Kier alpha value is -2.27. The van der Waals surface area contributed by atoms with Gasteiger partial charge in [-0.2, -0.15) is 5.10 Å². The van der Waals surface area contributed by atoms with Crippen LogP contribution in [0.5, 0.6) is 5.75 Å². The van der Waals surface area contributed by atoms with Gasteiger partial charge in [-0.05, 0) is 24.6 Å². The molecule has 0 heterocycles. The van der Waals surface area contributed by atoms with Crippen LogP contribution in [0.1, 0.15) is 18.1 Å². The Bertz CT molecular complexity index is 641. The maximum atomic E-state index is 5.85. The van der Waals surface area contributed by atoms with Crippen LogP contribution in [0.3, 0.4) is 0 Å². The Morgan fingerprint density at radius 3 is 2.64 bits per heavy atom. The SMILES string of the molecule is CCOc1ccccc1C=NN=C(N)SCc1ccccc1. The number of ether oxygens (including phenoxy) is 1. The Morgan fingerprint density at radius 1 is 1.14 bits per heavy atom. The predicted octanol–water partition coefficient (Wildman–Crippen LogP) is 3.67. The number of nitrogens with two attached hydrogens (primary N) is 1. The van der Waals surface area contributed by atoms with Gasteiger partial charge < -0.3 is 10.5 Å². The maximum absolute atomic E-state index is 5.85. The zero-order valence-corrected chi connectivity index (χ0v) is 13.3. The molecule has 22 heavy (non-hydrogen) atoms. The summed E-state index contributed by atoms with van der Waals surface area (Å²) in [5.74, 6) is 1.57. The highest BCUT2D eigenvalue weighted by Crippen LogP contribution is 2.16. The fraction of sp³-hybridized carbons (Fsp3) is 0.176. The minimum Gasteiger partial charge on any atom is -0.493 e. The lowest BCUT2D eigenvalue weighted by molar-refractivity contribution is 0.340. The summed E-state index contributed by atoms with van der Waals surface area (Å²) in [6.07, 6.45) is 1.65. The summed E-state index contributed by atoms with van der Waals surface area (Å²) in [5, 5.41) is 8.48. The topological polar surface area (TPSA) is 60.0 Å². The van der Waals surface area contributed by atoms with Gasteiger partial charge in [0.15, 0.2) is 5.17 Å². The van der Waals surface area contributed by atoms with Gasteiger partial charge in [-0.15, -0.1) is 5.10 Å². The molecule has 2 rings (SSSR count). The van der Waals surface area contributed by atoms with Gasteiger partial charge >= 0.3 is 0 Å². The first-order chi connectivity index (χ1) is 10.8. The Morgan fingerprint density at radius 2 is 1.86 bits per heavy atom. The van der Waals surface area contributed by atoms with Crippen LogP contribution in [0.2, 0.25) is 0 Å². The van der Waals surface area contributed by atoms with Crippen molar-refractivity contribution in [3.05, 3.63) is 65.7 Å². The van der Waals surface area contributed by atoms with Crippen molar-refractivity contribution in [1.29, 1.82) is 0 Å². The minimum absolute atomic E-state index is 0.439. The second-order valence-corrected chi connectivity index (χ2v) is 5.42. The number of nitrogens with zero attached hydrogens (tertiary/aromatic N) is 2. The quantitative estimate of drug-likeness (QED) is 0.503. The monoisotopic (exact) mass is 313 g/mol. The molecule has 0 aliphatic carbocycles. The molecule has 2 aromatic rings. The fourth-order valence-corrected chi connectivity index (χ4v) is 2.39. The van der Waals surface area contributed by atoms with E-state index in [-0.39, 0.29) is 0 Å². The number of benzene rings is 2. The number of para-hydroxylation sites is 1. The van der Waals surface area contributed by atoms with E-state index >= 15 is 0 Å². The van der Waals surface area contributed by atoms with E-state index in [1.54, 1.807) is 6.21 Å². The first-order valence-electron chi connectivity index (χ1n) is 7.04. The van der Waals surface area contributed by atoms with Crippen LogP contribution >= 0.6 is 11.8 Å². The van der Waals surface area contributed by atoms with Crippen molar-refractivity contribution in [2.45, 2.75) is 12.7 Å². The summed E-state index contributed by atoms with van der Waals surface area (Å²) < 4.78 is 5.52. The lowest BCUT2D eigenvalue weighted by Crippen LogP contribution is -2.06. The highest BCUT2D eigenvalue weighted by Gasteiger charge is 1.99. The third kappa shape index (κ3) is 5.26. The lowest BCUT2D eigenvalue weighted by atomic mass is 10.2. The fourth-order valence-electron chi connectivity index (χ4n) is 1.78. The van der Waals surface area contributed by atoms with Crippen molar-refractivity contribution < 1.29 is 4.74 Å². The molecule has 2 N–H and O–H groups in total. The van der Waals surface area contributed by atoms with Gasteiger partial charge in [0.2, 0.25) is 0 Å². The average Bonchev–Trinajstić information content (AvgIpc) is 2.56. The predicted molar refractivity (Wildman–Crippen MR) is 94.6 cm³/mol. The number of rotatable bonds is 6. The zero-order valence-electron chi connectivity index (χ0n) is 12.5. The van der Waals surface area contributed by atoms with Crippen molar-refractivity contribution in [3.63, 3.8) is 0 Å². The normalized spacial score (nSPS) is 11.8.